The predicted octanol–water partition coefficient (Wildman–Crippen LogP) is 4.86. The van der Waals surface area contributed by atoms with E-state index in [-0.39, 0.29) is 11.9 Å². The third-order valence-electron chi connectivity index (χ3n) is 5.44. The van der Waals surface area contributed by atoms with E-state index < -0.39 is 0 Å². The fourth-order valence-corrected chi connectivity index (χ4v) is 4.02. The van der Waals surface area contributed by atoms with Crippen LogP contribution in [0.5, 0.6) is 0 Å². The largest absolute Gasteiger partial charge is 0.332 e. The molecule has 0 aliphatic carbocycles. The zero-order chi connectivity index (χ0) is 18.8. The molecule has 3 heterocycles. The fraction of sp³-hybridized carbons (Fsp3) is 0.304. The number of aryl methyl sites for hydroxylation is 2. The van der Waals surface area contributed by atoms with E-state index in [1.807, 2.05) is 41.4 Å². The highest BCUT2D eigenvalue weighted by molar-refractivity contribution is 5.94. The molecule has 1 fully saturated rings. The lowest BCUT2D eigenvalue weighted by Crippen LogP contribution is -2.38. The van der Waals surface area contributed by atoms with Crippen molar-refractivity contribution >= 4 is 5.91 Å². The van der Waals surface area contributed by atoms with Gasteiger partial charge in [-0.3, -0.25) is 4.79 Å². The molecule has 4 nitrogen and oxygen atoms in total. The van der Waals surface area contributed by atoms with Crippen molar-refractivity contribution in [2.75, 3.05) is 6.54 Å². The number of carbonyl (C=O) groups excluding carboxylic acids is 1. The van der Waals surface area contributed by atoms with Gasteiger partial charge in [-0.25, -0.2) is 4.98 Å². The van der Waals surface area contributed by atoms with Crippen molar-refractivity contribution in [3.63, 3.8) is 0 Å². The number of piperidine rings is 1. The predicted molar refractivity (Wildman–Crippen MR) is 107 cm³/mol. The summed E-state index contributed by atoms with van der Waals surface area (Å²) in [5.74, 6) is 1.04. The van der Waals surface area contributed by atoms with Crippen LogP contribution < -0.4 is 0 Å². The third-order valence-corrected chi connectivity index (χ3v) is 5.44. The number of pyridine rings is 1. The van der Waals surface area contributed by atoms with Gasteiger partial charge in [0.05, 0.1) is 6.04 Å². The summed E-state index contributed by atoms with van der Waals surface area (Å²) in [4.78, 5) is 19.8. The first kappa shape index (κ1) is 17.5. The minimum absolute atomic E-state index is 0.0971. The number of benzene rings is 1. The highest BCUT2D eigenvalue weighted by Gasteiger charge is 2.28. The van der Waals surface area contributed by atoms with E-state index in [1.54, 1.807) is 0 Å². The van der Waals surface area contributed by atoms with Crippen LogP contribution in [0.1, 0.15) is 52.6 Å². The van der Waals surface area contributed by atoms with Crippen LogP contribution in [0.3, 0.4) is 0 Å². The second-order valence-electron chi connectivity index (χ2n) is 7.28. The molecule has 0 saturated carbocycles. The summed E-state index contributed by atoms with van der Waals surface area (Å²) < 4.78 is 2.15. The van der Waals surface area contributed by atoms with E-state index in [2.05, 4.69) is 42.7 Å². The molecular formula is C23H25N3O. The van der Waals surface area contributed by atoms with Gasteiger partial charge in [0, 0.05) is 29.7 Å². The number of hydrogen-bond acceptors (Lipinski definition) is 2. The number of hydrogen-bond donors (Lipinski definition) is 0. The molecule has 1 amide bonds. The highest BCUT2D eigenvalue weighted by atomic mass is 16.2. The maximum atomic E-state index is 13.0. The number of carbonyl (C=O) groups is 1. The zero-order valence-electron chi connectivity index (χ0n) is 15.9. The minimum Gasteiger partial charge on any atom is -0.332 e. The van der Waals surface area contributed by atoms with Crippen LogP contribution >= 0.6 is 0 Å². The average molecular weight is 359 g/mol. The van der Waals surface area contributed by atoms with Gasteiger partial charge in [0.15, 0.2) is 0 Å². The van der Waals surface area contributed by atoms with Crippen molar-refractivity contribution in [3.8, 4) is 5.82 Å². The van der Waals surface area contributed by atoms with Crippen molar-refractivity contribution in [1.82, 2.24) is 14.5 Å². The SMILES string of the molecule is Cc1ccc(C)n1-c1ccc([C@H]2CCCCN2C(=O)c2ccccc2)cn1. The highest BCUT2D eigenvalue weighted by Crippen LogP contribution is 2.32. The molecule has 1 aromatic carbocycles. The number of rotatable bonds is 3. The Bertz CT molecular complexity index is 909. The Morgan fingerprint density at radius 3 is 2.37 bits per heavy atom. The van der Waals surface area contributed by atoms with Gasteiger partial charge in [-0.05, 0) is 69.0 Å². The summed E-state index contributed by atoms with van der Waals surface area (Å²) in [7, 11) is 0. The quantitative estimate of drug-likeness (QED) is 0.670. The maximum absolute atomic E-state index is 13.0. The molecule has 0 bridgehead atoms. The smallest absolute Gasteiger partial charge is 0.254 e. The first-order chi connectivity index (χ1) is 13.1. The van der Waals surface area contributed by atoms with Crippen LogP contribution in [0.2, 0.25) is 0 Å². The minimum atomic E-state index is 0.0971. The van der Waals surface area contributed by atoms with Crippen molar-refractivity contribution in [2.45, 2.75) is 39.2 Å². The van der Waals surface area contributed by atoms with Gasteiger partial charge in [-0.15, -0.1) is 0 Å². The van der Waals surface area contributed by atoms with Crippen molar-refractivity contribution in [1.29, 1.82) is 0 Å². The molecule has 1 aliphatic heterocycles. The summed E-state index contributed by atoms with van der Waals surface area (Å²) in [6, 6.07) is 18.1. The summed E-state index contributed by atoms with van der Waals surface area (Å²) in [5.41, 5.74) is 4.22. The van der Waals surface area contributed by atoms with Crippen LogP contribution in [-0.2, 0) is 0 Å². The van der Waals surface area contributed by atoms with Crippen molar-refractivity contribution in [3.05, 3.63) is 83.3 Å². The molecule has 138 valence electrons. The monoisotopic (exact) mass is 359 g/mol. The van der Waals surface area contributed by atoms with Crippen LogP contribution in [0, 0.1) is 13.8 Å². The molecule has 0 N–H and O–H groups in total. The second kappa shape index (κ2) is 7.39. The molecule has 1 saturated heterocycles. The van der Waals surface area contributed by atoms with Crippen LogP contribution in [0.15, 0.2) is 60.8 Å². The topological polar surface area (TPSA) is 38.1 Å². The summed E-state index contributed by atoms with van der Waals surface area (Å²) in [5, 5.41) is 0. The Hall–Kier alpha value is -2.88. The van der Waals surface area contributed by atoms with E-state index in [0.717, 1.165) is 42.8 Å². The number of aromatic nitrogens is 2. The molecule has 2 aromatic heterocycles. The number of amides is 1. The molecule has 0 radical (unpaired) electrons. The van der Waals surface area contributed by atoms with Crippen LogP contribution in [-0.4, -0.2) is 26.9 Å². The third kappa shape index (κ3) is 3.39. The molecule has 3 aromatic rings. The lowest BCUT2D eigenvalue weighted by molar-refractivity contribution is 0.0611. The molecule has 1 aliphatic rings. The summed E-state index contributed by atoms with van der Waals surface area (Å²) >= 11 is 0. The normalized spacial score (nSPS) is 17.1. The molecule has 4 heteroatoms. The van der Waals surface area contributed by atoms with Gasteiger partial charge in [-0.2, -0.15) is 0 Å². The van der Waals surface area contributed by atoms with Crippen molar-refractivity contribution in [2.24, 2.45) is 0 Å². The molecule has 4 rings (SSSR count). The van der Waals surface area contributed by atoms with Gasteiger partial charge in [0.1, 0.15) is 5.82 Å². The molecular weight excluding hydrogens is 334 g/mol. The number of likely N-dealkylation sites (tertiary alicyclic amines) is 1. The van der Waals surface area contributed by atoms with Gasteiger partial charge < -0.3 is 9.47 Å². The Morgan fingerprint density at radius 1 is 0.963 bits per heavy atom. The van der Waals surface area contributed by atoms with E-state index in [0.29, 0.717) is 0 Å². The molecule has 27 heavy (non-hydrogen) atoms. The molecule has 0 unspecified atom stereocenters. The van der Waals surface area contributed by atoms with Gasteiger partial charge in [0.25, 0.3) is 5.91 Å². The van der Waals surface area contributed by atoms with E-state index in [9.17, 15) is 4.79 Å². The number of nitrogens with zero attached hydrogens (tertiary/aromatic N) is 3. The fourth-order valence-electron chi connectivity index (χ4n) is 4.02. The lowest BCUT2D eigenvalue weighted by atomic mass is 9.95. The van der Waals surface area contributed by atoms with Gasteiger partial charge in [0.2, 0.25) is 0 Å². The Balaban J connectivity index is 1.62. The Morgan fingerprint density at radius 2 is 1.70 bits per heavy atom. The van der Waals surface area contributed by atoms with Gasteiger partial charge >= 0.3 is 0 Å². The van der Waals surface area contributed by atoms with Crippen molar-refractivity contribution < 1.29 is 4.79 Å². The Kier molecular flexibility index (Phi) is 4.80. The van der Waals surface area contributed by atoms with E-state index in [4.69, 9.17) is 4.98 Å². The standard InChI is InChI=1S/C23H25N3O/c1-17-11-12-18(2)26(17)22-14-13-20(16-24-22)21-10-6-7-15-25(21)23(27)19-8-4-3-5-9-19/h3-5,8-9,11-14,16,21H,6-7,10,15H2,1-2H3/t21-/m1/s1. The van der Waals surface area contributed by atoms with E-state index in [1.165, 1.54) is 11.4 Å². The van der Waals surface area contributed by atoms with Crippen LogP contribution in [0.25, 0.3) is 5.82 Å². The van der Waals surface area contributed by atoms with E-state index >= 15 is 0 Å². The van der Waals surface area contributed by atoms with Gasteiger partial charge in [-0.1, -0.05) is 24.3 Å². The Labute approximate surface area is 160 Å². The maximum Gasteiger partial charge on any atom is 0.254 e. The first-order valence-electron chi connectivity index (χ1n) is 9.62. The average Bonchev–Trinajstić information content (AvgIpc) is 3.06. The molecule has 1 atom stereocenters. The summed E-state index contributed by atoms with van der Waals surface area (Å²) in [6.45, 7) is 4.98. The molecule has 0 spiro atoms. The zero-order valence-corrected chi connectivity index (χ0v) is 15.9. The first-order valence-corrected chi connectivity index (χ1v) is 9.62. The lowest BCUT2D eigenvalue weighted by Gasteiger charge is -2.36. The second-order valence-corrected chi connectivity index (χ2v) is 7.28. The van der Waals surface area contributed by atoms with Crippen LogP contribution in [0.4, 0.5) is 0 Å². The summed E-state index contributed by atoms with van der Waals surface area (Å²) in [6.07, 6.45) is 5.12.